The highest BCUT2D eigenvalue weighted by molar-refractivity contribution is 7.81. The molecule has 0 radical (unpaired) electrons. The lowest BCUT2D eigenvalue weighted by Crippen LogP contribution is -2.61. The molecule has 14 heteroatoms. The van der Waals surface area contributed by atoms with Crippen molar-refractivity contribution in [1.82, 2.24) is 15.2 Å². The Bertz CT molecular complexity index is 1430. The summed E-state index contributed by atoms with van der Waals surface area (Å²) in [5, 5.41) is 12.8. The van der Waals surface area contributed by atoms with Crippen LogP contribution in [0.15, 0.2) is 30.5 Å². The zero-order valence-corrected chi connectivity index (χ0v) is 26.0. The molecule has 1 saturated carbocycles. The van der Waals surface area contributed by atoms with Gasteiger partial charge in [0.2, 0.25) is 0 Å². The number of nitrogens with zero attached hydrogens (tertiary/aromatic N) is 5. The monoisotopic (exact) mass is 656 g/mol. The van der Waals surface area contributed by atoms with Crippen molar-refractivity contribution in [3.63, 3.8) is 0 Å². The number of nitrogens with one attached hydrogen (secondary N) is 1. The minimum atomic E-state index is -4.80. The van der Waals surface area contributed by atoms with Crippen molar-refractivity contribution in [3.8, 4) is 11.8 Å². The molecule has 1 N–H and O–H groups in total. The van der Waals surface area contributed by atoms with Crippen molar-refractivity contribution in [2.75, 3.05) is 36.0 Å². The first-order valence-corrected chi connectivity index (χ1v) is 14.5. The van der Waals surface area contributed by atoms with E-state index in [9.17, 15) is 18.0 Å². The quantitative estimate of drug-likeness (QED) is 0.405. The van der Waals surface area contributed by atoms with Crippen LogP contribution in [0.4, 0.5) is 24.5 Å². The van der Waals surface area contributed by atoms with Gasteiger partial charge in [0.1, 0.15) is 24.0 Å². The number of anilines is 2. The number of pyridine rings is 1. The zero-order chi connectivity index (χ0) is 28.9. The maximum atomic E-state index is 13.8. The number of piperazine rings is 1. The molecular formula is C29H33Cl2F3N6O2S. The fraction of sp³-hybridized carbons (Fsp3) is 0.517. The fourth-order valence-corrected chi connectivity index (χ4v) is 7.03. The molecule has 43 heavy (non-hydrogen) atoms. The van der Waals surface area contributed by atoms with Gasteiger partial charge in [-0.3, -0.25) is 14.6 Å². The number of halogens is 5. The zero-order valence-electron chi connectivity index (χ0n) is 23.5. The Morgan fingerprint density at radius 1 is 1.21 bits per heavy atom. The number of carbonyl (C=O) groups is 1. The highest BCUT2D eigenvalue weighted by atomic mass is 35.5. The predicted octanol–water partition coefficient (Wildman–Crippen LogP) is 5.25. The number of aryl methyl sites for hydroxylation is 1. The van der Waals surface area contributed by atoms with Crippen molar-refractivity contribution in [3.05, 3.63) is 47.3 Å². The van der Waals surface area contributed by atoms with Crippen LogP contribution >= 0.6 is 37.0 Å². The highest BCUT2D eigenvalue weighted by Crippen LogP contribution is 2.48. The Labute approximate surface area is 266 Å². The van der Waals surface area contributed by atoms with Gasteiger partial charge in [-0.05, 0) is 80.6 Å². The smallest absolute Gasteiger partial charge is 0.419 e. The van der Waals surface area contributed by atoms with Gasteiger partial charge in [-0.2, -0.15) is 18.4 Å². The summed E-state index contributed by atoms with van der Waals surface area (Å²) in [4.78, 5) is 22.9. The summed E-state index contributed by atoms with van der Waals surface area (Å²) in [6.07, 6.45) is 1.31. The molecule has 2 atom stereocenters. The normalized spacial score (nSPS) is 22.6. The third kappa shape index (κ3) is 5.78. The summed E-state index contributed by atoms with van der Waals surface area (Å²) in [5.74, 6) is 0.399. The Morgan fingerprint density at radius 3 is 2.53 bits per heavy atom. The van der Waals surface area contributed by atoms with E-state index in [4.69, 9.17) is 22.2 Å². The number of thiocarbonyl (C=S) groups is 1. The fourth-order valence-electron chi connectivity index (χ4n) is 6.56. The lowest BCUT2D eigenvalue weighted by Gasteiger charge is -2.45. The van der Waals surface area contributed by atoms with Crippen LogP contribution in [0.25, 0.3) is 0 Å². The molecule has 1 aliphatic carbocycles. The second-order valence-electron chi connectivity index (χ2n) is 11.2. The summed E-state index contributed by atoms with van der Waals surface area (Å²) in [5.41, 5.74) is -1.34. The third-order valence-electron chi connectivity index (χ3n) is 8.92. The van der Waals surface area contributed by atoms with Crippen molar-refractivity contribution in [2.24, 2.45) is 0 Å². The van der Waals surface area contributed by atoms with Crippen LogP contribution in [0.1, 0.15) is 55.8 Å². The van der Waals surface area contributed by atoms with Crippen LogP contribution in [-0.2, 0) is 17.4 Å². The SMILES string of the molecule is CCc1cc(N2C(=S)N(c3cnc(C#N)c(C(F)(F)F)c3)C(=O)C23CCC3)ccc1OCCN1C[C@@H]2CC[C@H]1CN2.Cl.Cl. The molecule has 8 nitrogen and oxygen atoms in total. The summed E-state index contributed by atoms with van der Waals surface area (Å²) in [6, 6.07) is 9.11. The van der Waals surface area contributed by atoms with E-state index in [0.29, 0.717) is 43.6 Å². The van der Waals surface area contributed by atoms with Crippen molar-refractivity contribution >= 4 is 59.4 Å². The van der Waals surface area contributed by atoms with Gasteiger partial charge in [0.05, 0.1) is 17.4 Å². The maximum absolute atomic E-state index is 13.8. The summed E-state index contributed by atoms with van der Waals surface area (Å²) in [7, 11) is 0. The first kappa shape index (κ1) is 33.2. The second-order valence-corrected chi connectivity index (χ2v) is 11.5. The van der Waals surface area contributed by atoms with Crippen LogP contribution < -0.4 is 19.9 Å². The molecule has 4 saturated heterocycles. The van der Waals surface area contributed by atoms with Crippen molar-refractivity contribution < 1.29 is 22.7 Å². The lowest BCUT2D eigenvalue weighted by atomic mass is 9.75. The Kier molecular flexibility index (Phi) is 9.83. The molecular weight excluding hydrogens is 624 g/mol. The van der Waals surface area contributed by atoms with Crippen LogP contribution in [0.5, 0.6) is 5.75 Å². The van der Waals surface area contributed by atoms with E-state index in [1.807, 2.05) is 25.1 Å². The van der Waals surface area contributed by atoms with E-state index < -0.39 is 23.0 Å². The number of hydrogen-bond donors (Lipinski definition) is 1. The number of rotatable bonds is 7. The van der Waals surface area contributed by atoms with Gasteiger partial charge in [0.15, 0.2) is 10.8 Å². The van der Waals surface area contributed by atoms with Crippen LogP contribution in [0.2, 0.25) is 0 Å². The largest absolute Gasteiger partial charge is 0.492 e. The van der Waals surface area contributed by atoms with E-state index in [1.165, 1.54) is 18.9 Å². The number of benzene rings is 1. The minimum absolute atomic E-state index is 0. The molecule has 7 rings (SSSR count). The van der Waals surface area contributed by atoms with Crippen molar-refractivity contribution in [2.45, 2.75) is 69.2 Å². The Morgan fingerprint density at radius 2 is 1.98 bits per heavy atom. The number of aromatic nitrogens is 1. The van der Waals surface area contributed by atoms with Gasteiger partial charge in [-0.15, -0.1) is 24.8 Å². The van der Waals surface area contributed by atoms with E-state index in [2.05, 4.69) is 15.2 Å². The first-order chi connectivity index (χ1) is 19.7. The molecule has 1 aromatic carbocycles. The lowest BCUT2D eigenvalue weighted by molar-refractivity contribution is -0.138. The molecule has 1 spiro atoms. The number of hydrogen-bond acceptors (Lipinski definition) is 7. The van der Waals surface area contributed by atoms with Gasteiger partial charge in [0, 0.05) is 37.4 Å². The van der Waals surface area contributed by atoms with Crippen LogP contribution in [0, 0.1) is 11.3 Å². The number of nitriles is 1. The first-order valence-electron chi connectivity index (χ1n) is 14.1. The third-order valence-corrected chi connectivity index (χ3v) is 9.28. The molecule has 4 aliphatic heterocycles. The van der Waals surface area contributed by atoms with Gasteiger partial charge in [0.25, 0.3) is 5.91 Å². The molecule has 232 valence electrons. The number of ether oxygens (including phenoxy) is 1. The molecule has 2 aromatic rings. The van der Waals surface area contributed by atoms with Crippen molar-refractivity contribution in [1.29, 1.82) is 5.26 Å². The average Bonchev–Trinajstić information content (AvgIpc) is 3.19. The highest BCUT2D eigenvalue weighted by Gasteiger charge is 2.59. The molecule has 5 aliphatic rings. The average molecular weight is 658 g/mol. The summed E-state index contributed by atoms with van der Waals surface area (Å²) >= 11 is 5.75. The number of amides is 1. The molecule has 2 bridgehead atoms. The molecule has 5 fully saturated rings. The number of carbonyl (C=O) groups excluding carboxylic acids is 1. The van der Waals surface area contributed by atoms with E-state index in [1.54, 1.807) is 4.90 Å². The van der Waals surface area contributed by atoms with E-state index >= 15 is 0 Å². The maximum Gasteiger partial charge on any atom is 0.419 e. The molecule has 1 amide bonds. The minimum Gasteiger partial charge on any atom is -0.492 e. The molecule has 1 aromatic heterocycles. The van der Waals surface area contributed by atoms with Gasteiger partial charge in [-0.1, -0.05) is 6.92 Å². The summed E-state index contributed by atoms with van der Waals surface area (Å²) in [6.45, 7) is 5.53. The number of fused-ring (bicyclic) bond motifs is 3. The van der Waals surface area contributed by atoms with Crippen LogP contribution in [-0.4, -0.2) is 64.8 Å². The number of alkyl halides is 3. The molecule has 5 heterocycles. The van der Waals surface area contributed by atoms with E-state index in [-0.39, 0.29) is 41.5 Å². The van der Waals surface area contributed by atoms with Gasteiger partial charge in [-0.25, -0.2) is 4.98 Å². The van der Waals surface area contributed by atoms with E-state index in [0.717, 1.165) is 54.5 Å². The Balaban J connectivity index is 0.00000212. The topological polar surface area (TPSA) is 84.7 Å². The number of piperidine rings is 2. The van der Waals surface area contributed by atoms with Gasteiger partial charge < -0.3 is 15.0 Å². The second kappa shape index (κ2) is 12.7. The summed E-state index contributed by atoms with van der Waals surface area (Å²) < 4.78 is 47.2. The molecule has 0 unspecified atom stereocenters. The Hall–Kier alpha value is -2.69. The standard InChI is InChI=1S/C29H31F3N6O2S.2ClH/c1-2-18-12-20(6-7-25(18)40-11-10-36-17-19-4-5-21(36)15-34-19)38-27(41)37(26(39)28(38)8-3-9-28)22-13-23(29(30,31)32)24(14-33)35-16-22;;/h6-7,12-13,16,19,21,34H,2-5,8-11,15,17H2,1H3;2*1H/t19-,21-;;/m0../s1. The predicted molar refractivity (Wildman–Crippen MR) is 165 cm³/mol. The van der Waals surface area contributed by atoms with Crippen LogP contribution in [0.3, 0.4) is 0 Å². The van der Waals surface area contributed by atoms with Gasteiger partial charge >= 0.3 is 6.18 Å².